The van der Waals surface area contributed by atoms with E-state index in [1.165, 1.54) is 42.5 Å². The van der Waals surface area contributed by atoms with Gasteiger partial charge in [-0.2, -0.15) is 4.98 Å². The molecule has 5 nitrogen and oxygen atoms in total. The molecule has 0 atom stereocenters. The molecule has 0 amide bonds. The minimum Gasteiger partial charge on any atom is -0.406 e. The van der Waals surface area contributed by atoms with Gasteiger partial charge >= 0.3 is 6.36 Å². The van der Waals surface area contributed by atoms with Crippen LogP contribution in [0.15, 0.2) is 48.5 Å². The second kappa shape index (κ2) is 7.89. The van der Waals surface area contributed by atoms with Gasteiger partial charge in [0.25, 0.3) is 0 Å². The first-order chi connectivity index (χ1) is 13.2. The van der Waals surface area contributed by atoms with Gasteiger partial charge in [-0.15, -0.1) is 13.2 Å². The highest BCUT2D eigenvalue weighted by atomic mass is 35.5. The lowest BCUT2D eigenvalue weighted by Gasteiger charge is -2.13. The second-order valence-corrected chi connectivity index (χ2v) is 5.92. The average Bonchev–Trinajstić information content (AvgIpc) is 2.63. The monoisotopic (exact) mass is 412 g/mol. The summed E-state index contributed by atoms with van der Waals surface area (Å²) in [5.74, 6) is -0.599. The van der Waals surface area contributed by atoms with Crippen LogP contribution in [0, 0.1) is 5.82 Å². The van der Waals surface area contributed by atoms with Crippen LogP contribution in [-0.4, -0.2) is 23.4 Å². The topological polar surface area (TPSA) is 59.1 Å². The van der Waals surface area contributed by atoms with Crippen LogP contribution in [0.3, 0.4) is 0 Å². The summed E-state index contributed by atoms with van der Waals surface area (Å²) in [4.78, 5) is 8.39. The normalized spacial score (nSPS) is 11.2. The summed E-state index contributed by atoms with van der Waals surface area (Å²) in [5.41, 5.74) is 0.662. The quantitative estimate of drug-likeness (QED) is 0.533. The molecule has 10 heteroatoms. The van der Waals surface area contributed by atoms with Gasteiger partial charge in [0.1, 0.15) is 17.4 Å². The van der Waals surface area contributed by atoms with Crippen molar-refractivity contribution in [1.29, 1.82) is 0 Å². The number of hydrogen-bond acceptors (Lipinski definition) is 5. The molecule has 0 fully saturated rings. The molecule has 1 aromatic heterocycles. The number of hydrogen-bond donors (Lipinski definition) is 2. The molecular formula is C18H13ClF4N4O. The highest BCUT2D eigenvalue weighted by Crippen LogP contribution is 2.31. The molecule has 0 bridgehead atoms. The van der Waals surface area contributed by atoms with Crippen LogP contribution in [-0.2, 0) is 0 Å². The summed E-state index contributed by atoms with van der Waals surface area (Å²) in [6.07, 6.45) is -4.81. The lowest BCUT2D eigenvalue weighted by Crippen LogP contribution is -2.17. The number of nitrogens with zero attached hydrogens (tertiary/aromatic N) is 2. The van der Waals surface area contributed by atoms with Crippen molar-refractivity contribution >= 4 is 29.1 Å². The number of rotatable bonds is 5. The van der Waals surface area contributed by atoms with Gasteiger partial charge in [0.2, 0.25) is 5.95 Å². The number of benzene rings is 2. The van der Waals surface area contributed by atoms with Crippen LogP contribution in [0.5, 0.6) is 5.75 Å². The van der Waals surface area contributed by atoms with E-state index in [1.807, 2.05) is 0 Å². The number of nitrogens with one attached hydrogen (secondary N) is 2. The molecule has 2 N–H and O–H groups in total. The van der Waals surface area contributed by atoms with Crippen molar-refractivity contribution in [3.05, 3.63) is 59.4 Å². The Morgan fingerprint density at radius 2 is 1.79 bits per heavy atom. The fraction of sp³-hybridized carbons (Fsp3) is 0.111. The molecular weight excluding hydrogens is 400 g/mol. The summed E-state index contributed by atoms with van der Waals surface area (Å²) in [5, 5.41) is 5.66. The largest absolute Gasteiger partial charge is 0.573 e. The van der Waals surface area contributed by atoms with E-state index in [2.05, 4.69) is 25.3 Å². The van der Waals surface area contributed by atoms with E-state index in [1.54, 1.807) is 13.1 Å². The zero-order valence-electron chi connectivity index (χ0n) is 14.3. The average molecular weight is 413 g/mol. The maximum Gasteiger partial charge on any atom is 0.573 e. The molecule has 0 saturated carbocycles. The third kappa shape index (κ3) is 4.80. The van der Waals surface area contributed by atoms with E-state index in [9.17, 15) is 17.6 Å². The molecule has 0 aliphatic rings. The molecule has 0 radical (unpaired) electrons. The van der Waals surface area contributed by atoms with Gasteiger partial charge in [-0.25, -0.2) is 9.37 Å². The number of halogens is 5. The second-order valence-electron chi connectivity index (χ2n) is 5.51. The molecule has 1 heterocycles. The minimum absolute atomic E-state index is 0.0185. The minimum atomic E-state index is -4.81. The molecule has 0 aliphatic carbocycles. The lowest BCUT2D eigenvalue weighted by atomic mass is 10.1. The molecule has 2 aromatic carbocycles. The van der Waals surface area contributed by atoms with E-state index in [4.69, 9.17) is 11.6 Å². The predicted octanol–water partition coefficient (Wildman–Crippen LogP) is 5.62. The van der Waals surface area contributed by atoms with E-state index >= 15 is 0 Å². The fourth-order valence-corrected chi connectivity index (χ4v) is 2.58. The summed E-state index contributed by atoms with van der Waals surface area (Å²) in [7, 11) is 1.57. The molecule has 146 valence electrons. The van der Waals surface area contributed by atoms with Crippen molar-refractivity contribution in [3.63, 3.8) is 0 Å². The Balaban J connectivity index is 1.99. The van der Waals surface area contributed by atoms with Crippen LogP contribution in [0.4, 0.5) is 35.0 Å². The van der Waals surface area contributed by atoms with E-state index in [0.29, 0.717) is 11.3 Å². The molecule has 0 saturated heterocycles. The first-order valence-electron chi connectivity index (χ1n) is 7.89. The molecule has 0 aliphatic heterocycles. The Morgan fingerprint density at radius 3 is 2.46 bits per heavy atom. The van der Waals surface area contributed by atoms with E-state index in [-0.39, 0.29) is 28.2 Å². The van der Waals surface area contributed by atoms with Crippen molar-refractivity contribution in [2.75, 3.05) is 17.7 Å². The Morgan fingerprint density at radius 1 is 1.04 bits per heavy atom. The molecule has 3 aromatic rings. The van der Waals surface area contributed by atoms with Gasteiger partial charge < -0.3 is 15.4 Å². The number of anilines is 3. The number of para-hydroxylation sites is 1. The number of aromatic nitrogens is 2. The van der Waals surface area contributed by atoms with Crippen LogP contribution < -0.4 is 15.4 Å². The first-order valence-corrected chi connectivity index (χ1v) is 8.27. The Bertz CT molecular complexity index is 977. The Kier molecular flexibility index (Phi) is 5.55. The van der Waals surface area contributed by atoms with Crippen molar-refractivity contribution in [1.82, 2.24) is 9.97 Å². The van der Waals surface area contributed by atoms with Gasteiger partial charge in [0.15, 0.2) is 0 Å². The van der Waals surface area contributed by atoms with Gasteiger partial charge in [-0.3, -0.25) is 0 Å². The zero-order valence-corrected chi connectivity index (χ0v) is 15.1. The molecule has 0 spiro atoms. The summed E-state index contributed by atoms with van der Waals surface area (Å²) >= 11 is 6.01. The van der Waals surface area contributed by atoms with Crippen LogP contribution in [0.2, 0.25) is 5.02 Å². The van der Waals surface area contributed by atoms with Gasteiger partial charge in [0.05, 0.1) is 16.4 Å². The summed E-state index contributed by atoms with van der Waals surface area (Å²) in [6, 6.07) is 11.0. The van der Waals surface area contributed by atoms with Crippen LogP contribution >= 0.6 is 11.6 Å². The zero-order chi connectivity index (χ0) is 20.3. The standard InChI is InChI=1S/C18H13ClF4N4O/c1-24-17-25-14(10-4-2-5-11(8-10)28-18(21,22)23)9-15(27-17)26-16-12(19)6-3-7-13(16)20/h2-9H,1H3,(H2,24,25,26,27). The molecule has 28 heavy (non-hydrogen) atoms. The lowest BCUT2D eigenvalue weighted by molar-refractivity contribution is -0.274. The Labute approximate surface area is 162 Å². The number of alkyl halides is 3. The van der Waals surface area contributed by atoms with Crippen LogP contribution in [0.25, 0.3) is 11.3 Å². The SMILES string of the molecule is CNc1nc(Nc2c(F)cccc2Cl)cc(-c2cccc(OC(F)(F)F)c2)n1. The smallest absolute Gasteiger partial charge is 0.406 e. The van der Waals surface area contributed by atoms with Gasteiger partial charge in [-0.1, -0.05) is 29.8 Å². The van der Waals surface area contributed by atoms with Gasteiger partial charge in [-0.05, 0) is 24.3 Å². The summed E-state index contributed by atoms with van der Waals surface area (Å²) in [6.45, 7) is 0. The van der Waals surface area contributed by atoms with Crippen molar-refractivity contribution in [2.24, 2.45) is 0 Å². The number of ether oxygens (including phenoxy) is 1. The van der Waals surface area contributed by atoms with Crippen molar-refractivity contribution in [2.45, 2.75) is 6.36 Å². The Hall–Kier alpha value is -3.07. The molecule has 3 rings (SSSR count). The molecule has 0 unspecified atom stereocenters. The fourth-order valence-electron chi connectivity index (χ4n) is 2.37. The highest BCUT2D eigenvalue weighted by molar-refractivity contribution is 6.33. The maximum absolute atomic E-state index is 14.0. The van der Waals surface area contributed by atoms with E-state index < -0.39 is 12.2 Å². The van der Waals surface area contributed by atoms with E-state index in [0.717, 1.165) is 0 Å². The van der Waals surface area contributed by atoms with Crippen molar-refractivity contribution in [3.8, 4) is 17.0 Å². The van der Waals surface area contributed by atoms with Crippen LogP contribution in [0.1, 0.15) is 0 Å². The summed E-state index contributed by atoms with van der Waals surface area (Å²) < 4.78 is 55.3. The third-order valence-corrected chi connectivity index (χ3v) is 3.84. The maximum atomic E-state index is 14.0. The highest BCUT2D eigenvalue weighted by Gasteiger charge is 2.31. The predicted molar refractivity (Wildman–Crippen MR) is 98.4 cm³/mol. The van der Waals surface area contributed by atoms with Gasteiger partial charge in [0, 0.05) is 18.7 Å². The first kappa shape index (κ1) is 19.7. The van der Waals surface area contributed by atoms with Crippen molar-refractivity contribution < 1.29 is 22.3 Å². The third-order valence-electron chi connectivity index (χ3n) is 3.53.